The Hall–Kier alpha value is -1.92. The van der Waals surface area contributed by atoms with Crippen LogP contribution in [0.4, 0.5) is 0 Å². The molecule has 1 aromatic rings. The van der Waals surface area contributed by atoms with E-state index < -0.39 is 11.4 Å². The van der Waals surface area contributed by atoms with Crippen LogP contribution >= 0.6 is 0 Å². The quantitative estimate of drug-likeness (QED) is 0.760. The van der Waals surface area contributed by atoms with Crippen LogP contribution in [0.5, 0.6) is 0 Å². The average molecular weight is 269 g/mol. The number of hydrogen-bond acceptors (Lipinski definition) is 5. The third-order valence-electron chi connectivity index (χ3n) is 3.37. The van der Waals surface area contributed by atoms with Gasteiger partial charge < -0.3 is 14.9 Å². The van der Waals surface area contributed by atoms with Crippen molar-refractivity contribution in [2.45, 2.75) is 33.6 Å². The fourth-order valence-corrected chi connectivity index (χ4v) is 1.54. The molecule has 0 aliphatic rings. The normalized spacial score (nSPS) is 14.1. The maximum atomic E-state index is 11.8. The molecule has 1 rings (SSSR count). The standard InChI is InChI=1S/C12H19N3O4/c1-8(2)12(3,11(17)18)6-10(16)13-5-4-9-14-7-19-15-9/h7-8H,4-6H2,1-3H3,(H,13,16)(H,17,18). The molecule has 0 bridgehead atoms. The van der Waals surface area contributed by atoms with Crippen LogP contribution in [0.1, 0.15) is 33.0 Å². The molecule has 0 aliphatic carbocycles. The highest BCUT2D eigenvalue weighted by Crippen LogP contribution is 2.31. The lowest BCUT2D eigenvalue weighted by molar-refractivity contribution is -0.153. The van der Waals surface area contributed by atoms with Gasteiger partial charge in [-0.1, -0.05) is 19.0 Å². The second kappa shape index (κ2) is 6.31. The summed E-state index contributed by atoms with van der Waals surface area (Å²) in [7, 11) is 0. The minimum Gasteiger partial charge on any atom is -0.481 e. The van der Waals surface area contributed by atoms with Gasteiger partial charge in [0.25, 0.3) is 0 Å². The van der Waals surface area contributed by atoms with E-state index >= 15 is 0 Å². The van der Waals surface area contributed by atoms with Crippen molar-refractivity contribution in [3.63, 3.8) is 0 Å². The third kappa shape index (κ3) is 4.04. The Morgan fingerprint density at radius 2 is 2.21 bits per heavy atom. The van der Waals surface area contributed by atoms with E-state index in [4.69, 9.17) is 0 Å². The van der Waals surface area contributed by atoms with Crippen LogP contribution in [0.3, 0.4) is 0 Å². The molecule has 0 aliphatic heterocycles. The van der Waals surface area contributed by atoms with Crippen molar-refractivity contribution < 1.29 is 19.2 Å². The minimum absolute atomic E-state index is 0.0494. The second-order valence-corrected chi connectivity index (χ2v) is 5.00. The van der Waals surface area contributed by atoms with E-state index in [2.05, 4.69) is 20.0 Å². The number of carboxylic acids is 1. The summed E-state index contributed by atoms with van der Waals surface area (Å²) in [4.78, 5) is 26.8. The Labute approximate surface area is 111 Å². The monoisotopic (exact) mass is 269 g/mol. The van der Waals surface area contributed by atoms with Gasteiger partial charge in [0.2, 0.25) is 12.3 Å². The molecule has 1 heterocycles. The molecule has 0 radical (unpaired) electrons. The van der Waals surface area contributed by atoms with Gasteiger partial charge in [-0.3, -0.25) is 9.59 Å². The van der Waals surface area contributed by atoms with Crippen molar-refractivity contribution in [3.8, 4) is 0 Å². The zero-order chi connectivity index (χ0) is 14.5. The Kier molecular flexibility index (Phi) is 5.02. The van der Waals surface area contributed by atoms with E-state index in [-0.39, 0.29) is 18.2 Å². The zero-order valence-corrected chi connectivity index (χ0v) is 11.3. The maximum Gasteiger partial charge on any atom is 0.310 e. The van der Waals surface area contributed by atoms with Gasteiger partial charge in [0.1, 0.15) is 0 Å². The van der Waals surface area contributed by atoms with Crippen molar-refractivity contribution in [1.82, 2.24) is 15.5 Å². The molecule has 1 amide bonds. The predicted molar refractivity (Wildman–Crippen MR) is 66.2 cm³/mol. The number of aliphatic carboxylic acids is 1. The molecule has 0 aromatic carbocycles. The highest BCUT2D eigenvalue weighted by atomic mass is 16.5. The molecule has 7 heteroatoms. The van der Waals surface area contributed by atoms with E-state index in [0.29, 0.717) is 18.8 Å². The first kappa shape index (κ1) is 15.1. The van der Waals surface area contributed by atoms with Gasteiger partial charge in [-0.25, -0.2) is 0 Å². The first-order chi connectivity index (χ1) is 8.86. The van der Waals surface area contributed by atoms with Crippen LogP contribution in [0.2, 0.25) is 0 Å². The van der Waals surface area contributed by atoms with Gasteiger partial charge >= 0.3 is 5.97 Å². The molecule has 19 heavy (non-hydrogen) atoms. The topological polar surface area (TPSA) is 105 Å². The second-order valence-electron chi connectivity index (χ2n) is 5.00. The summed E-state index contributed by atoms with van der Waals surface area (Å²) in [6.07, 6.45) is 1.62. The van der Waals surface area contributed by atoms with E-state index in [1.165, 1.54) is 6.39 Å². The van der Waals surface area contributed by atoms with E-state index in [0.717, 1.165) is 0 Å². The van der Waals surface area contributed by atoms with Crippen molar-refractivity contribution in [3.05, 3.63) is 12.2 Å². The molecule has 1 atom stereocenters. The lowest BCUT2D eigenvalue weighted by Gasteiger charge is -2.28. The average Bonchev–Trinajstić information content (AvgIpc) is 2.81. The van der Waals surface area contributed by atoms with Gasteiger partial charge in [0.15, 0.2) is 5.82 Å². The number of carbonyl (C=O) groups is 2. The number of hydrogen-bond donors (Lipinski definition) is 2. The first-order valence-corrected chi connectivity index (χ1v) is 6.11. The largest absolute Gasteiger partial charge is 0.481 e. The number of rotatable bonds is 7. The third-order valence-corrected chi connectivity index (χ3v) is 3.37. The van der Waals surface area contributed by atoms with Crippen molar-refractivity contribution in [2.24, 2.45) is 11.3 Å². The van der Waals surface area contributed by atoms with Crippen molar-refractivity contribution >= 4 is 11.9 Å². The van der Waals surface area contributed by atoms with Crippen LogP contribution in [0, 0.1) is 11.3 Å². The summed E-state index contributed by atoms with van der Waals surface area (Å²) in [6, 6.07) is 0. The van der Waals surface area contributed by atoms with Crippen LogP contribution < -0.4 is 5.32 Å². The highest BCUT2D eigenvalue weighted by Gasteiger charge is 2.38. The van der Waals surface area contributed by atoms with Gasteiger partial charge in [-0.15, -0.1) is 0 Å². The van der Waals surface area contributed by atoms with Crippen LogP contribution in [0.25, 0.3) is 0 Å². The zero-order valence-electron chi connectivity index (χ0n) is 11.3. The lowest BCUT2D eigenvalue weighted by Crippen LogP contribution is -2.39. The van der Waals surface area contributed by atoms with Gasteiger partial charge in [-0.05, 0) is 12.8 Å². The molecule has 0 fully saturated rings. The Balaban J connectivity index is 2.43. The SMILES string of the molecule is CC(C)C(C)(CC(=O)NCCc1ncon1)C(=O)O. The molecule has 1 aromatic heterocycles. The predicted octanol–water partition coefficient (Wildman–Crippen LogP) is 0.865. The van der Waals surface area contributed by atoms with Crippen LogP contribution in [-0.4, -0.2) is 33.7 Å². The van der Waals surface area contributed by atoms with Crippen LogP contribution in [0.15, 0.2) is 10.9 Å². The summed E-state index contributed by atoms with van der Waals surface area (Å²) in [5.74, 6) is -0.879. The molecular formula is C12H19N3O4. The number of carboxylic acid groups (broad SMARTS) is 1. The Bertz CT molecular complexity index is 430. The summed E-state index contributed by atoms with van der Waals surface area (Å²) < 4.78 is 4.56. The van der Waals surface area contributed by atoms with Gasteiger partial charge in [0, 0.05) is 19.4 Å². The van der Waals surface area contributed by atoms with Gasteiger partial charge in [-0.2, -0.15) is 4.98 Å². The minimum atomic E-state index is -1.06. The molecule has 0 saturated heterocycles. The fraction of sp³-hybridized carbons (Fsp3) is 0.667. The van der Waals surface area contributed by atoms with Crippen LogP contribution in [-0.2, 0) is 16.0 Å². The number of carbonyl (C=O) groups excluding carboxylic acids is 1. The fourth-order valence-electron chi connectivity index (χ4n) is 1.54. The summed E-state index contributed by atoms with van der Waals surface area (Å²) in [5, 5.41) is 15.5. The Morgan fingerprint density at radius 3 is 2.68 bits per heavy atom. The van der Waals surface area contributed by atoms with E-state index in [1.54, 1.807) is 20.8 Å². The summed E-state index contributed by atoms with van der Waals surface area (Å²) >= 11 is 0. The van der Waals surface area contributed by atoms with E-state index in [1.807, 2.05) is 0 Å². The summed E-state index contributed by atoms with van der Waals surface area (Å²) in [5.41, 5.74) is -1.06. The molecule has 0 spiro atoms. The highest BCUT2D eigenvalue weighted by molar-refractivity contribution is 5.84. The molecule has 106 valence electrons. The number of amides is 1. The number of nitrogens with one attached hydrogen (secondary N) is 1. The maximum absolute atomic E-state index is 11.8. The van der Waals surface area contributed by atoms with Crippen molar-refractivity contribution in [1.29, 1.82) is 0 Å². The lowest BCUT2D eigenvalue weighted by atomic mass is 9.76. The molecule has 1 unspecified atom stereocenters. The summed E-state index contributed by atoms with van der Waals surface area (Å²) in [6.45, 7) is 5.52. The Morgan fingerprint density at radius 1 is 1.53 bits per heavy atom. The van der Waals surface area contributed by atoms with Gasteiger partial charge in [0.05, 0.1) is 5.41 Å². The van der Waals surface area contributed by atoms with Crippen molar-refractivity contribution in [2.75, 3.05) is 6.54 Å². The first-order valence-electron chi connectivity index (χ1n) is 6.11. The molecule has 7 nitrogen and oxygen atoms in total. The number of aromatic nitrogens is 2. The van der Waals surface area contributed by atoms with E-state index in [9.17, 15) is 14.7 Å². The molecule has 0 saturated carbocycles. The number of nitrogens with zero attached hydrogens (tertiary/aromatic N) is 2. The molecule has 2 N–H and O–H groups in total. The smallest absolute Gasteiger partial charge is 0.310 e. The molecular weight excluding hydrogens is 250 g/mol.